The maximum absolute atomic E-state index is 13.9. The Balaban J connectivity index is 2.15. The molecule has 8 heteroatoms. The molecule has 0 radical (unpaired) electrons. The molecular formula is C20H19BrFN3O3. The van der Waals surface area contributed by atoms with Crippen LogP contribution < -0.4 is 14.9 Å². The van der Waals surface area contributed by atoms with Crippen molar-refractivity contribution in [2.45, 2.75) is 26.4 Å². The third-order valence-electron chi connectivity index (χ3n) is 3.87. The predicted molar refractivity (Wildman–Crippen MR) is 107 cm³/mol. The number of rotatable bonds is 7. The van der Waals surface area contributed by atoms with E-state index in [1.165, 1.54) is 25.5 Å². The molecule has 0 saturated carbocycles. The van der Waals surface area contributed by atoms with Crippen molar-refractivity contribution < 1.29 is 18.7 Å². The molecule has 2 aromatic rings. The number of ether oxygens (including phenoxy) is 2. The van der Waals surface area contributed by atoms with Crippen molar-refractivity contribution in [3.05, 3.63) is 57.3 Å². The van der Waals surface area contributed by atoms with Gasteiger partial charge < -0.3 is 9.47 Å². The highest BCUT2D eigenvalue weighted by Crippen LogP contribution is 2.37. The van der Waals surface area contributed by atoms with Gasteiger partial charge in [0.05, 0.1) is 41.1 Å². The number of nitrogens with one attached hydrogen (secondary N) is 1. The molecular weight excluding hydrogens is 429 g/mol. The van der Waals surface area contributed by atoms with Crippen LogP contribution in [-0.2, 0) is 0 Å². The summed E-state index contributed by atoms with van der Waals surface area (Å²) in [6, 6.07) is 8.87. The van der Waals surface area contributed by atoms with Crippen LogP contribution in [0.4, 0.5) is 4.39 Å². The maximum Gasteiger partial charge on any atom is 0.274 e. The first-order valence-electron chi connectivity index (χ1n) is 8.46. The Bertz CT molecular complexity index is 941. The molecule has 0 unspecified atom stereocenters. The highest BCUT2D eigenvalue weighted by Gasteiger charge is 2.14. The third kappa shape index (κ3) is 5.30. The van der Waals surface area contributed by atoms with Gasteiger partial charge in [0.15, 0.2) is 11.5 Å². The minimum absolute atomic E-state index is 0.0197. The van der Waals surface area contributed by atoms with E-state index in [-0.39, 0.29) is 17.2 Å². The average molecular weight is 448 g/mol. The number of benzene rings is 2. The van der Waals surface area contributed by atoms with Gasteiger partial charge in [0.25, 0.3) is 5.91 Å². The van der Waals surface area contributed by atoms with E-state index in [0.717, 1.165) is 12.5 Å². The largest absolute Gasteiger partial charge is 0.493 e. The van der Waals surface area contributed by atoms with E-state index in [9.17, 15) is 9.18 Å². The summed E-state index contributed by atoms with van der Waals surface area (Å²) in [4.78, 5) is 12.1. The van der Waals surface area contributed by atoms with Crippen LogP contribution in [0.15, 0.2) is 39.9 Å². The number of hydrazone groups is 1. The van der Waals surface area contributed by atoms with Crippen molar-refractivity contribution in [2.75, 3.05) is 7.11 Å². The van der Waals surface area contributed by atoms with Crippen LogP contribution in [0.25, 0.3) is 0 Å². The molecule has 1 amide bonds. The quantitative estimate of drug-likeness (QED) is 0.503. The summed E-state index contributed by atoms with van der Waals surface area (Å²) < 4.78 is 25.8. The van der Waals surface area contributed by atoms with Crippen molar-refractivity contribution in [2.24, 2.45) is 5.10 Å². The summed E-state index contributed by atoms with van der Waals surface area (Å²) in [5, 5.41) is 12.6. The highest BCUT2D eigenvalue weighted by molar-refractivity contribution is 9.10. The van der Waals surface area contributed by atoms with E-state index in [0.29, 0.717) is 21.5 Å². The van der Waals surface area contributed by atoms with Gasteiger partial charge in [-0.25, -0.2) is 9.82 Å². The van der Waals surface area contributed by atoms with Crippen LogP contribution in [0, 0.1) is 17.1 Å². The van der Waals surface area contributed by atoms with Crippen LogP contribution in [0.5, 0.6) is 11.5 Å². The fraction of sp³-hybridized carbons (Fsp3) is 0.250. The summed E-state index contributed by atoms with van der Waals surface area (Å²) in [5.74, 6) is -0.415. The van der Waals surface area contributed by atoms with Gasteiger partial charge in [0.1, 0.15) is 5.82 Å². The zero-order chi connectivity index (χ0) is 20.7. The molecule has 0 aromatic heterocycles. The highest BCUT2D eigenvalue weighted by atomic mass is 79.9. The number of nitrogens with zero attached hydrogens (tertiary/aromatic N) is 2. The van der Waals surface area contributed by atoms with Crippen molar-refractivity contribution >= 4 is 28.1 Å². The fourth-order valence-electron chi connectivity index (χ4n) is 2.21. The Morgan fingerprint density at radius 1 is 1.43 bits per heavy atom. The van der Waals surface area contributed by atoms with Gasteiger partial charge in [-0.2, -0.15) is 10.4 Å². The summed E-state index contributed by atoms with van der Waals surface area (Å²) in [5.41, 5.74) is 2.83. The molecule has 6 nitrogen and oxygen atoms in total. The molecule has 0 heterocycles. The molecule has 0 saturated heterocycles. The summed E-state index contributed by atoms with van der Waals surface area (Å²) in [6.07, 6.45) is 2.27. The minimum atomic E-state index is -0.789. The Labute approximate surface area is 171 Å². The Kier molecular flexibility index (Phi) is 7.52. The summed E-state index contributed by atoms with van der Waals surface area (Å²) >= 11 is 3.45. The zero-order valence-corrected chi connectivity index (χ0v) is 17.2. The van der Waals surface area contributed by atoms with Crippen LogP contribution in [0.1, 0.15) is 41.8 Å². The van der Waals surface area contributed by atoms with Gasteiger partial charge in [-0.15, -0.1) is 0 Å². The van der Waals surface area contributed by atoms with E-state index >= 15 is 0 Å². The Morgan fingerprint density at radius 2 is 2.18 bits per heavy atom. The van der Waals surface area contributed by atoms with Crippen LogP contribution >= 0.6 is 15.9 Å². The lowest BCUT2D eigenvalue weighted by Crippen LogP contribution is -2.19. The molecule has 0 fully saturated rings. The fourth-order valence-corrected chi connectivity index (χ4v) is 2.76. The minimum Gasteiger partial charge on any atom is -0.493 e. The number of halogens is 2. The van der Waals surface area contributed by atoms with E-state index in [4.69, 9.17) is 14.7 Å². The molecule has 28 heavy (non-hydrogen) atoms. The molecule has 146 valence electrons. The average Bonchev–Trinajstić information content (AvgIpc) is 2.69. The number of hydrogen-bond donors (Lipinski definition) is 1. The second-order valence-corrected chi connectivity index (χ2v) is 6.73. The van der Waals surface area contributed by atoms with Gasteiger partial charge in [-0.3, -0.25) is 4.79 Å². The van der Waals surface area contributed by atoms with Crippen LogP contribution in [0.2, 0.25) is 0 Å². The molecule has 0 aliphatic rings. The zero-order valence-electron chi connectivity index (χ0n) is 15.6. The molecule has 0 aliphatic carbocycles. The lowest BCUT2D eigenvalue weighted by atomic mass is 10.1. The molecule has 0 bridgehead atoms. The number of hydrogen-bond acceptors (Lipinski definition) is 5. The van der Waals surface area contributed by atoms with Gasteiger partial charge in [0, 0.05) is 0 Å². The lowest BCUT2D eigenvalue weighted by molar-refractivity contribution is 0.0951. The SMILES string of the molecule is CC[C@H](C)Oc1c(Br)cc(/C=N\NC(=O)c2ccc(C#N)cc2F)cc1OC. The van der Waals surface area contributed by atoms with Gasteiger partial charge in [-0.1, -0.05) is 6.92 Å². The molecule has 1 atom stereocenters. The second kappa shape index (κ2) is 9.85. The summed E-state index contributed by atoms with van der Waals surface area (Å²) in [6.45, 7) is 3.98. The number of nitriles is 1. The van der Waals surface area contributed by atoms with E-state index in [1.54, 1.807) is 18.2 Å². The third-order valence-corrected chi connectivity index (χ3v) is 4.46. The molecule has 2 rings (SSSR count). The van der Waals surface area contributed by atoms with Gasteiger partial charge >= 0.3 is 0 Å². The number of carbonyl (C=O) groups is 1. The number of carbonyl (C=O) groups excluding carboxylic acids is 1. The number of methoxy groups -OCH3 is 1. The molecule has 0 aliphatic heterocycles. The van der Waals surface area contributed by atoms with Crippen molar-refractivity contribution in [1.29, 1.82) is 5.26 Å². The standard InChI is InChI=1S/C20H19BrFN3O3/c1-4-12(2)28-19-16(21)7-14(9-18(19)27-3)11-24-25-20(26)15-6-5-13(10-23)8-17(15)22/h5-9,11-12H,4H2,1-3H3,(H,25,26)/b24-11-/t12-/m0/s1. The molecule has 1 N–H and O–H groups in total. The first-order valence-corrected chi connectivity index (χ1v) is 9.26. The molecule has 0 spiro atoms. The second-order valence-electron chi connectivity index (χ2n) is 5.88. The van der Waals surface area contributed by atoms with Crippen LogP contribution in [0.3, 0.4) is 0 Å². The topological polar surface area (TPSA) is 83.7 Å². The first kappa shape index (κ1) is 21.4. The van der Waals surface area contributed by atoms with E-state index in [1.807, 2.05) is 13.8 Å². The predicted octanol–water partition coefficient (Wildman–Crippen LogP) is 4.41. The summed E-state index contributed by atoms with van der Waals surface area (Å²) in [7, 11) is 1.53. The van der Waals surface area contributed by atoms with Crippen molar-refractivity contribution in [3.8, 4) is 17.6 Å². The Morgan fingerprint density at radius 3 is 2.79 bits per heavy atom. The van der Waals surface area contributed by atoms with Gasteiger partial charge in [0.2, 0.25) is 0 Å². The van der Waals surface area contributed by atoms with Gasteiger partial charge in [-0.05, 0) is 65.2 Å². The van der Waals surface area contributed by atoms with Crippen molar-refractivity contribution in [1.82, 2.24) is 5.43 Å². The van der Waals surface area contributed by atoms with E-state index < -0.39 is 11.7 Å². The smallest absolute Gasteiger partial charge is 0.274 e. The maximum atomic E-state index is 13.9. The Hall–Kier alpha value is -2.92. The monoisotopic (exact) mass is 447 g/mol. The first-order chi connectivity index (χ1) is 13.4. The molecule has 2 aromatic carbocycles. The van der Waals surface area contributed by atoms with Crippen LogP contribution in [-0.4, -0.2) is 25.3 Å². The normalized spacial score (nSPS) is 11.7. The lowest BCUT2D eigenvalue weighted by Gasteiger charge is -2.17. The van der Waals surface area contributed by atoms with E-state index in [2.05, 4.69) is 26.5 Å². The van der Waals surface area contributed by atoms with Crippen molar-refractivity contribution in [3.63, 3.8) is 0 Å². The number of amides is 1.